The number of hydrogen-bond donors (Lipinski definition) is 0. The van der Waals surface area contributed by atoms with Crippen molar-refractivity contribution in [1.82, 2.24) is 0 Å². The summed E-state index contributed by atoms with van der Waals surface area (Å²) in [6, 6.07) is 12.9. The first-order valence-corrected chi connectivity index (χ1v) is 11.2. The van der Waals surface area contributed by atoms with E-state index >= 15 is 4.39 Å². The van der Waals surface area contributed by atoms with E-state index in [2.05, 4.69) is 23.8 Å². The smallest absolute Gasteiger partial charge is 0.387 e. The fourth-order valence-electron chi connectivity index (χ4n) is 4.48. The fourth-order valence-corrected chi connectivity index (χ4v) is 4.48. The van der Waals surface area contributed by atoms with Crippen LogP contribution >= 0.6 is 0 Å². The quantitative estimate of drug-likeness (QED) is 0.187. The van der Waals surface area contributed by atoms with Crippen LogP contribution in [-0.2, 0) is 12.8 Å². The molecule has 3 aromatic carbocycles. The lowest BCUT2D eigenvalue weighted by molar-refractivity contribution is -0.0498. The largest absolute Gasteiger partial charge is 0.435 e. The number of benzene rings is 3. The molecule has 0 bridgehead atoms. The van der Waals surface area contributed by atoms with Gasteiger partial charge < -0.3 is 4.74 Å². The Morgan fingerprint density at radius 2 is 1.62 bits per heavy atom. The minimum Gasteiger partial charge on any atom is -0.435 e. The van der Waals surface area contributed by atoms with Gasteiger partial charge in [0.1, 0.15) is 17.4 Å². The molecule has 0 heterocycles. The third kappa shape index (κ3) is 4.67. The number of alkyl halides is 2. The van der Waals surface area contributed by atoms with Crippen molar-refractivity contribution in [1.29, 1.82) is 0 Å². The summed E-state index contributed by atoms with van der Waals surface area (Å²) in [4.78, 5) is 0. The molecule has 0 aromatic heterocycles. The van der Waals surface area contributed by atoms with E-state index in [0.717, 1.165) is 24.0 Å². The maximum absolute atomic E-state index is 15.4. The second-order valence-electron chi connectivity index (χ2n) is 8.31. The van der Waals surface area contributed by atoms with Crippen LogP contribution < -0.4 is 4.74 Å². The third-order valence-electron chi connectivity index (χ3n) is 6.08. The maximum Gasteiger partial charge on any atom is 0.387 e. The van der Waals surface area contributed by atoms with Crippen molar-refractivity contribution >= 4 is 0 Å². The minimum absolute atomic E-state index is 0.0552. The van der Waals surface area contributed by atoms with Crippen molar-refractivity contribution in [2.24, 2.45) is 0 Å². The van der Waals surface area contributed by atoms with E-state index in [1.54, 1.807) is 0 Å². The Hall–Kier alpha value is -2.82. The standard InChI is InChI=1S/C27H26F4O/c1-2-3-4-5-6-7-17-8-13-21-19(14-17)15-23-22(21)16-24(28)25(26(23)29)18-9-11-20(12-10-18)32-27(30)31/h8-14,16,27H,2-7,15H2,1H3. The van der Waals surface area contributed by atoms with Gasteiger partial charge in [-0.1, -0.05) is 62.9 Å². The Morgan fingerprint density at radius 1 is 0.875 bits per heavy atom. The van der Waals surface area contributed by atoms with Gasteiger partial charge in [0.25, 0.3) is 0 Å². The van der Waals surface area contributed by atoms with Crippen LogP contribution in [0, 0.1) is 11.6 Å². The SMILES string of the molecule is CCCCCCCc1ccc2c(c1)Cc1c-2cc(F)c(-c2ccc(OC(F)F)cc2)c1F. The highest BCUT2D eigenvalue weighted by molar-refractivity contribution is 5.81. The predicted octanol–water partition coefficient (Wildman–Crippen LogP) is 8.32. The minimum atomic E-state index is -2.95. The summed E-state index contributed by atoms with van der Waals surface area (Å²) in [6.07, 6.45) is 7.46. The zero-order chi connectivity index (χ0) is 22.7. The molecule has 0 unspecified atom stereocenters. The first kappa shape index (κ1) is 22.4. The molecule has 0 spiro atoms. The van der Waals surface area contributed by atoms with E-state index in [-0.39, 0.29) is 16.9 Å². The van der Waals surface area contributed by atoms with Crippen molar-refractivity contribution in [2.45, 2.75) is 58.5 Å². The van der Waals surface area contributed by atoms with E-state index in [1.807, 2.05) is 6.07 Å². The Balaban J connectivity index is 1.57. The Morgan fingerprint density at radius 3 is 2.34 bits per heavy atom. The second-order valence-corrected chi connectivity index (χ2v) is 8.31. The van der Waals surface area contributed by atoms with Gasteiger partial charge in [0.05, 0.1) is 5.56 Å². The zero-order valence-corrected chi connectivity index (χ0v) is 18.1. The molecule has 32 heavy (non-hydrogen) atoms. The molecule has 168 valence electrons. The van der Waals surface area contributed by atoms with Crippen molar-refractivity contribution in [3.8, 4) is 28.0 Å². The Kier molecular flexibility index (Phi) is 6.83. The summed E-state index contributed by atoms with van der Waals surface area (Å²) < 4.78 is 59.4. The van der Waals surface area contributed by atoms with Crippen molar-refractivity contribution < 1.29 is 22.3 Å². The molecule has 1 aliphatic carbocycles. The van der Waals surface area contributed by atoms with E-state index in [0.29, 0.717) is 17.5 Å². The number of unbranched alkanes of at least 4 members (excludes halogenated alkanes) is 4. The summed E-state index contributed by atoms with van der Waals surface area (Å²) >= 11 is 0. The number of hydrogen-bond acceptors (Lipinski definition) is 1. The fraction of sp³-hybridized carbons (Fsp3) is 0.333. The van der Waals surface area contributed by atoms with E-state index < -0.39 is 18.2 Å². The van der Waals surface area contributed by atoms with Gasteiger partial charge in [-0.2, -0.15) is 8.78 Å². The molecule has 3 aromatic rings. The van der Waals surface area contributed by atoms with Crippen LogP contribution in [0.3, 0.4) is 0 Å². The van der Waals surface area contributed by atoms with Crippen LogP contribution in [0.2, 0.25) is 0 Å². The highest BCUT2D eigenvalue weighted by atomic mass is 19.3. The maximum atomic E-state index is 15.4. The summed E-state index contributed by atoms with van der Waals surface area (Å²) in [5.41, 5.74) is 4.32. The molecule has 0 aliphatic heterocycles. The average molecular weight is 442 g/mol. The van der Waals surface area contributed by atoms with Gasteiger partial charge in [0, 0.05) is 12.0 Å². The Labute approximate surface area is 186 Å². The molecule has 0 saturated carbocycles. The third-order valence-corrected chi connectivity index (χ3v) is 6.08. The average Bonchev–Trinajstić information content (AvgIpc) is 3.12. The van der Waals surface area contributed by atoms with Crippen LogP contribution in [0.4, 0.5) is 17.6 Å². The number of rotatable bonds is 9. The number of halogens is 4. The van der Waals surface area contributed by atoms with Crippen LogP contribution in [0.25, 0.3) is 22.3 Å². The highest BCUT2D eigenvalue weighted by Gasteiger charge is 2.27. The van der Waals surface area contributed by atoms with Crippen molar-refractivity contribution in [3.63, 3.8) is 0 Å². The van der Waals surface area contributed by atoms with E-state index in [9.17, 15) is 13.2 Å². The van der Waals surface area contributed by atoms with Gasteiger partial charge in [-0.15, -0.1) is 0 Å². The van der Waals surface area contributed by atoms with Crippen molar-refractivity contribution in [3.05, 3.63) is 76.9 Å². The molecule has 0 radical (unpaired) electrons. The first-order valence-electron chi connectivity index (χ1n) is 11.2. The van der Waals surface area contributed by atoms with E-state index in [1.165, 1.54) is 61.6 Å². The summed E-state index contributed by atoms with van der Waals surface area (Å²) in [5, 5.41) is 0. The van der Waals surface area contributed by atoms with Crippen LogP contribution in [0.15, 0.2) is 48.5 Å². The van der Waals surface area contributed by atoms with Gasteiger partial charge in [-0.25, -0.2) is 8.78 Å². The lowest BCUT2D eigenvalue weighted by Crippen LogP contribution is -2.02. The number of ether oxygens (including phenoxy) is 1. The molecule has 1 nitrogen and oxygen atoms in total. The molecule has 0 fully saturated rings. The summed E-state index contributed by atoms with van der Waals surface area (Å²) in [5.74, 6) is -1.32. The zero-order valence-electron chi connectivity index (χ0n) is 18.1. The van der Waals surface area contributed by atoms with Gasteiger partial charge in [-0.05, 0) is 58.9 Å². The molecule has 4 rings (SSSR count). The molecule has 5 heteroatoms. The summed E-state index contributed by atoms with van der Waals surface area (Å²) in [6.45, 7) is -0.753. The number of fused-ring (bicyclic) bond motifs is 3. The molecular formula is C27H26F4O. The molecule has 1 aliphatic rings. The summed E-state index contributed by atoms with van der Waals surface area (Å²) in [7, 11) is 0. The normalized spacial score (nSPS) is 12.2. The van der Waals surface area contributed by atoms with E-state index in [4.69, 9.17) is 0 Å². The molecule has 0 saturated heterocycles. The molecule has 0 atom stereocenters. The van der Waals surface area contributed by atoms with Crippen LogP contribution in [-0.4, -0.2) is 6.61 Å². The highest BCUT2D eigenvalue weighted by Crippen LogP contribution is 2.42. The first-order chi connectivity index (χ1) is 15.5. The van der Waals surface area contributed by atoms with Crippen molar-refractivity contribution in [2.75, 3.05) is 0 Å². The number of aryl methyl sites for hydroxylation is 1. The van der Waals surface area contributed by atoms with Gasteiger partial charge >= 0.3 is 6.61 Å². The predicted molar refractivity (Wildman–Crippen MR) is 119 cm³/mol. The topological polar surface area (TPSA) is 9.23 Å². The lowest BCUT2D eigenvalue weighted by Gasteiger charge is -2.11. The van der Waals surface area contributed by atoms with Gasteiger partial charge in [0.2, 0.25) is 0 Å². The lowest BCUT2D eigenvalue weighted by atomic mass is 9.97. The Bertz CT molecular complexity index is 1090. The van der Waals surface area contributed by atoms with Crippen LogP contribution in [0.5, 0.6) is 5.75 Å². The van der Waals surface area contributed by atoms with Gasteiger partial charge in [0.15, 0.2) is 0 Å². The molecule has 0 N–H and O–H groups in total. The molecular weight excluding hydrogens is 416 g/mol. The van der Waals surface area contributed by atoms with Gasteiger partial charge in [-0.3, -0.25) is 0 Å². The second kappa shape index (κ2) is 9.76. The monoisotopic (exact) mass is 442 g/mol. The molecule has 0 amide bonds. The van der Waals surface area contributed by atoms with Crippen LogP contribution in [0.1, 0.15) is 55.7 Å².